The van der Waals surface area contributed by atoms with E-state index < -0.39 is 8.80 Å². The molecular formula is C17H32NO3Si+. The molecule has 1 atom stereocenters. The molecule has 0 fully saturated rings. The molecule has 0 heterocycles. The summed E-state index contributed by atoms with van der Waals surface area (Å²) in [5.74, 6) is 0. The highest BCUT2D eigenvalue weighted by atomic mass is 28.4. The molecule has 0 saturated heterocycles. The first-order chi connectivity index (χ1) is 10.4. The zero-order valence-corrected chi connectivity index (χ0v) is 16.0. The Morgan fingerprint density at radius 1 is 0.909 bits per heavy atom. The fourth-order valence-electron chi connectivity index (χ4n) is 2.71. The topological polar surface area (TPSA) is 27.7 Å². The molecule has 0 aliphatic heterocycles. The Morgan fingerprint density at radius 3 is 1.77 bits per heavy atom. The normalized spacial score (nSPS) is 14.1. The Labute approximate surface area is 137 Å². The molecule has 1 rings (SSSR count). The summed E-state index contributed by atoms with van der Waals surface area (Å²) in [5, 5.41) is 0. The lowest BCUT2D eigenvalue weighted by Crippen LogP contribution is -2.66. The third kappa shape index (κ3) is 4.89. The van der Waals surface area contributed by atoms with Crippen LogP contribution in [0.25, 0.3) is 0 Å². The van der Waals surface area contributed by atoms with Crippen LogP contribution in [0, 0.1) is 0 Å². The average Bonchev–Trinajstić information content (AvgIpc) is 2.47. The van der Waals surface area contributed by atoms with Crippen LogP contribution < -0.4 is 0 Å². The third-order valence-corrected chi connectivity index (χ3v) is 7.83. The van der Waals surface area contributed by atoms with Crippen molar-refractivity contribution in [3.05, 3.63) is 35.9 Å². The predicted molar refractivity (Wildman–Crippen MR) is 92.3 cm³/mol. The molecule has 0 aromatic heterocycles. The number of hydrogen-bond acceptors (Lipinski definition) is 3. The molecular weight excluding hydrogens is 294 g/mol. The molecule has 0 aliphatic rings. The van der Waals surface area contributed by atoms with E-state index in [2.05, 4.69) is 45.3 Å². The van der Waals surface area contributed by atoms with Crippen LogP contribution in [0.15, 0.2) is 30.3 Å². The van der Waals surface area contributed by atoms with E-state index in [1.165, 1.54) is 5.56 Å². The van der Waals surface area contributed by atoms with Gasteiger partial charge in [-0.05, 0) is 27.7 Å². The van der Waals surface area contributed by atoms with Crippen molar-refractivity contribution in [3.63, 3.8) is 0 Å². The minimum absolute atomic E-state index is 0.160. The van der Waals surface area contributed by atoms with Crippen molar-refractivity contribution in [3.8, 4) is 0 Å². The van der Waals surface area contributed by atoms with Gasteiger partial charge in [-0.1, -0.05) is 30.3 Å². The van der Waals surface area contributed by atoms with Crippen molar-refractivity contribution in [2.24, 2.45) is 0 Å². The fourth-order valence-corrected chi connectivity index (χ4v) is 5.84. The monoisotopic (exact) mass is 326 g/mol. The lowest BCUT2D eigenvalue weighted by molar-refractivity contribution is -0.917. The van der Waals surface area contributed by atoms with Crippen LogP contribution in [0.4, 0.5) is 0 Å². The van der Waals surface area contributed by atoms with Gasteiger partial charge in [0.05, 0.1) is 14.1 Å². The van der Waals surface area contributed by atoms with Gasteiger partial charge in [-0.25, -0.2) is 0 Å². The Hall–Kier alpha value is -0.723. The molecule has 4 nitrogen and oxygen atoms in total. The van der Waals surface area contributed by atoms with Crippen molar-refractivity contribution >= 4 is 8.80 Å². The van der Waals surface area contributed by atoms with Gasteiger partial charge >= 0.3 is 8.80 Å². The van der Waals surface area contributed by atoms with Crippen molar-refractivity contribution in [1.82, 2.24) is 0 Å². The van der Waals surface area contributed by atoms with E-state index in [9.17, 15) is 0 Å². The maximum Gasteiger partial charge on any atom is 0.562 e. The maximum absolute atomic E-state index is 6.08. The molecule has 0 bridgehead atoms. The molecule has 1 aromatic rings. The van der Waals surface area contributed by atoms with Crippen LogP contribution in [0.3, 0.4) is 0 Å². The summed E-state index contributed by atoms with van der Waals surface area (Å²) in [6.07, 6.45) is 0. The van der Waals surface area contributed by atoms with Crippen LogP contribution in [-0.2, 0) is 19.8 Å². The highest BCUT2D eigenvalue weighted by Gasteiger charge is 2.55. The number of rotatable bonds is 10. The van der Waals surface area contributed by atoms with Crippen LogP contribution in [-0.4, -0.2) is 52.9 Å². The Morgan fingerprint density at radius 2 is 1.36 bits per heavy atom. The van der Waals surface area contributed by atoms with E-state index in [1.54, 1.807) is 0 Å². The van der Waals surface area contributed by atoms with Gasteiger partial charge in [-0.3, -0.25) is 0 Å². The van der Waals surface area contributed by atoms with Gasteiger partial charge in [-0.15, -0.1) is 0 Å². The first kappa shape index (κ1) is 19.3. The highest BCUT2D eigenvalue weighted by molar-refractivity contribution is 6.62. The summed E-state index contributed by atoms with van der Waals surface area (Å²) in [4.78, 5) is 0. The second kappa shape index (κ2) is 8.79. The quantitative estimate of drug-likeness (QED) is 0.488. The molecule has 0 aliphatic carbocycles. The van der Waals surface area contributed by atoms with Crippen molar-refractivity contribution in [2.75, 3.05) is 33.9 Å². The van der Waals surface area contributed by atoms with Gasteiger partial charge in [0.2, 0.25) is 0 Å². The van der Waals surface area contributed by atoms with Gasteiger partial charge in [0.1, 0.15) is 6.54 Å². The minimum atomic E-state index is -2.72. The van der Waals surface area contributed by atoms with Gasteiger partial charge in [0.25, 0.3) is 0 Å². The standard InChI is InChI=1S/C17H32NO3Si/c1-7-19-22(20-8-2,21-9-3)16(4)18(5,6)15-17-13-11-10-12-14-17/h10-14,16H,7-9,15H2,1-6H3/q+1. The lowest BCUT2D eigenvalue weighted by Gasteiger charge is -2.43. The second-order valence-electron chi connectivity index (χ2n) is 6.00. The molecule has 0 spiro atoms. The largest absolute Gasteiger partial charge is 0.562 e. The fraction of sp³-hybridized carbons (Fsp3) is 0.647. The summed E-state index contributed by atoms with van der Waals surface area (Å²) in [6.45, 7) is 11.0. The van der Waals surface area contributed by atoms with Crippen molar-refractivity contribution in [1.29, 1.82) is 0 Å². The Balaban J connectivity index is 3.00. The molecule has 0 amide bonds. The van der Waals surface area contributed by atoms with Crippen molar-refractivity contribution < 1.29 is 17.8 Å². The van der Waals surface area contributed by atoms with Crippen LogP contribution >= 0.6 is 0 Å². The molecule has 0 saturated carbocycles. The first-order valence-corrected chi connectivity index (χ1v) is 10.0. The number of hydrogen-bond donors (Lipinski definition) is 0. The van der Waals surface area contributed by atoms with E-state index in [1.807, 2.05) is 26.8 Å². The van der Waals surface area contributed by atoms with E-state index in [0.717, 1.165) is 11.0 Å². The molecule has 0 radical (unpaired) electrons. The Kier molecular flexibility index (Phi) is 7.72. The van der Waals surface area contributed by atoms with E-state index in [4.69, 9.17) is 13.3 Å². The maximum atomic E-state index is 6.08. The van der Waals surface area contributed by atoms with Crippen LogP contribution in [0.2, 0.25) is 0 Å². The van der Waals surface area contributed by atoms with E-state index in [0.29, 0.717) is 19.8 Å². The zero-order chi connectivity index (χ0) is 16.6. The zero-order valence-electron chi connectivity index (χ0n) is 15.0. The number of nitrogens with zero attached hydrogens (tertiary/aromatic N) is 1. The summed E-state index contributed by atoms with van der Waals surface area (Å²) >= 11 is 0. The predicted octanol–water partition coefficient (Wildman–Crippen LogP) is 3.24. The van der Waals surface area contributed by atoms with E-state index >= 15 is 0 Å². The summed E-state index contributed by atoms with van der Waals surface area (Å²) in [6, 6.07) is 10.5. The van der Waals surface area contributed by atoms with Gasteiger partial charge in [-0.2, -0.15) is 0 Å². The molecule has 5 heteroatoms. The second-order valence-corrected chi connectivity index (χ2v) is 8.91. The summed E-state index contributed by atoms with van der Waals surface area (Å²) < 4.78 is 19.0. The summed E-state index contributed by atoms with van der Waals surface area (Å²) in [7, 11) is 1.72. The van der Waals surface area contributed by atoms with Crippen molar-refractivity contribution in [2.45, 2.75) is 39.9 Å². The molecule has 126 valence electrons. The molecule has 1 unspecified atom stereocenters. The van der Waals surface area contributed by atoms with E-state index in [-0.39, 0.29) is 5.67 Å². The Bertz CT molecular complexity index is 408. The minimum Gasteiger partial charge on any atom is -0.370 e. The third-order valence-electron chi connectivity index (χ3n) is 4.03. The average molecular weight is 327 g/mol. The SMILES string of the molecule is CCO[Si](OCC)(OCC)C(C)[N+](C)(C)Cc1ccccc1. The summed E-state index contributed by atoms with van der Waals surface area (Å²) in [5.41, 5.74) is 1.47. The van der Waals surface area contributed by atoms with Crippen LogP contribution in [0.1, 0.15) is 33.3 Å². The van der Waals surface area contributed by atoms with Crippen LogP contribution in [0.5, 0.6) is 0 Å². The first-order valence-electron chi connectivity index (χ1n) is 8.20. The molecule has 1 aromatic carbocycles. The van der Waals surface area contributed by atoms with Gasteiger partial charge < -0.3 is 17.8 Å². The smallest absolute Gasteiger partial charge is 0.370 e. The number of quaternary nitrogens is 1. The molecule has 22 heavy (non-hydrogen) atoms. The number of benzene rings is 1. The van der Waals surface area contributed by atoms with Gasteiger partial charge in [0, 0.05) is 25.4 Å². The van der Waals surface area contributed by atoms with Gasteiger partial charge in [0.15, 0.2) is 5.67 Å². The highest BCUT2D eigenvalue weighted by Crippen LogP contribution is 2.25. The molecule has 0 N–H and O–H groups in total. The lowest BCUT2D eigenvalue weighted by atomic mass is 10.2.